The predicted octanol–water partition coefficient (Wildman–Crippen LogP) is 4.42. The largest absolute Gasteiger partial charge is 0.496 e. The number of ether oxygens (including phenoxy) is 1. The van der Waals surface area contributed by atoms with Gasteiger partial charge in [0, 0.05) is 5.56 Å². The molecule has 1 aromatic carbocycles. The van der Waals surface area contributed by atoms with Crippen LogP contribution in [-0.2, 0) is 17.3 Å². The molecular weight excluding hydrogens is 248 g/mol. The molecule has 0 saturated heterocycles. The Bertz CT molecular complexity index is 539. The van der Waals surface area contributed by atoms with E-state index in [-0.39, 0.29) is 10.8 Å². The average molecular weight is 274 g/mol. The van der Waals surface area contributed by atoms with Crippen molar-refractivity contribution in [3.8, 4) is 5.75 Å². The summed E-state index contributed by atoms with van der Waals surface area (Å²) in [6.45, 7) is 11.2. The minimum Gasteiger partial charge on any atom is -0.496 e. The lowest BCUT2D eigenvalue weighted by atomic mass is 9.62. The number of fused-ring (bicyclic) bond motifs is 1. The SMILES string of the molecule is CCc1cc2c(c(OC)c1C=O)C(C)(C)CCC2(C)C. The van der Waals surface area contributed by atoms with Gasteiger partial charge < -0.3 is 4.74 Å². The summed E-state index contributed by atoms with van der Waals surface area (Å²) < 4.78 is 5.67. The molecule has 0 aliphatic heterocycles. The molecule has 0 N–H and O–H groups in total. The van der Waals surface area contributed by atoms with Crippen LogP contribution >= 0.6 is 0 Å². The number of carbonyl (C=O) groups is 1. The Morgan fingerprint density at radius 3 is 2.30 bits per heavy atom. The maximum absolute atomic E-state index is 11.5. The van der Waals surface area contributed by atoms with Gasteiger partial charge in [0.1, 0.15) is 5.75 Å². The standard InChI is InChI=1S/C18H26O2/c1-7-12-10-14-15(16(20-6)13(12)11-19)18(4,5)9-8-17(14,2)3/h10-11H,7-9H2,1-6H3. The van der Waals surface area contributed by atoms with Crippen molar-refractivity contribution in [2.24, 2.45) is 0 Å². The minimum absolute atomic E-state index is 0.0558. The third-order valence-electron chi connectivity index (χ3n) is 4.89. The zero-order valence-electron chi connectivity index (χ0n) is 13.6. The third kappa shape index (κ3) is 2.15. The summed E-state index contributed by atoms with van der Waals surface area (Å²) in [5.41, 5.74) is 4.62. The van der Waals surface area contributed by atoms with Gasteiger partial charge in [-0.3, -0.25) is 4.79 Å². The number of aldehydes is 1. The van der Waals surface area contributed by atoms with E-state index in [0.29, 0.717) is 0 Å². The van der Waals surface area contributed by atoms with Crippen LogP contribution in [0, 0.1) is 0 Å². The van der Waals surface area contributed by atoms with Gasteiger partial charge in [0.2, 0.25) is 0 Å². The van der Waals surface area contributed by atoms with Gasteiger partial charge in [-0.2, -0.15) is 0 Å². The highest BCUT2D eigenvalue weighted by Gasteiger charge is 2.40. The van der Waals surface area contributed by atoms with Crippen molar-refractivity contribution in [3.63, 3.8) is 0 Å². The molecule has 2 nitrogen and oxygen atoms in total. The maximum Gasteiger partial charge on any atom is 0.154 e. The molecule has 1 aliphatic rings. The normalized spacial score (nSPS) is 19.3. The van der Waals surface area contributed by atoms with Crippen LogP contribution in [-0.4, -0.2) is 13.4 Å². The van der Waals surface area contributed by atoms with E-state index in [0.717, 1.165) is 36.0 Å². The van der Waals surface area contributed by atoms with Crippen molar-refractivity contribution >= 4 is 6.29 Å². The Kier molecular flexibility index (Phi) is 3.70. The molecule has 0 heterocycles. The molecule has 2 heteroatoms. The number of methoxy groups -OCH3 is 1. The molecule has 0 spiro atoms. The lowest BCUT2D eigenvalue weighted by Crippen LogP contribution is -2.35. The molecule has 0 unspecified atom stereocenters. The predicted molar refractivity (Wildman–Crippen MR) is 83.0 cm³/mol. The first kappa shape index (κ1) is 15.1. The second kappa shape index (κ2) is 4.91. The third-order valence-corrected chi connectivity index (χ3v) is 4.89. The Morgan fingerprint density at radius 2 is 1.80 bits per heavy atom. The van der Waals surface area contributed by atoms with E-state index in [1.54, 1.807) is 7.11 Å². The maximum atomic E-state index is 11.5. The van der Waals surface area contributed by atoms with E-state index in [2.05, 4.69) is 40.7 Å². The van der Waals surface area contributed by atoms with Crippen LogP contribution in [0.3, 0.4) is 0 Å². The van der Waals surface area contributed by atoms with Crippen LogP contribution < -0.4 is 4.74 Å². The van der Waals surface area contributed by atoms with E-state index in [1.165, 1.54) is 17.5 Å². The zero-order valence-corrected chi connectivity index (χ0v) is 13.6. The number of carbonyl (C=O) groups excluding carboxylic acids is 1. The fourth-order valence-corrected chi connectivity index (χ4v) is 3.45. The lowest BCUT2D eigenvalue weighted by molar-refractivity contribution is 0.111. The summed E-state index contributed by atoms with van der Waals surface area (Å²) in [6.07, 6.45) is 4.09. The molecule has 0 radical (unpaired) electrons. The minimum atomic E-state index is 0.0558. The molecule has 0 amide bonds. The van der Waals surface area contributed by atoms with Crippen LogP contribution in [0.5, 0.6) is 5.75 Å². The van der Waals surface area contributed by atoms with Crippen molar-refractivity contribution in [1.82, 2.24) is 0 Å². The van der Waals surface area contributed by atoms with Crippen molar-refractivity contribution in [3.05, 3.63) is 28.3 Å². The Hall–Kier alpha value is -1.31. The quantitative estimate of drug-likeness (QED) is 0.763. The number of benzene rings is 1. The zero-order chi connectivity index (χ0) is 15.1. The Morgan fingerprint density at radius 1 is 1.20 bits per heavy atom. The molecule has 0 aromatic heterocycles. The Balaban J connectivity index is 2.88. The van der Waals surface area contributed by atoms with E-state index >= 15 is 0 Å². The van der Waals surface area contributed by atoms with Crippen molar-refractivity contribution in [2.75, 3.05) is 7.11 Å². The van der Waals surface area contributed by atoms with Crippen molar-refractivity contribution in [1.29, 1.82) is 0 Å². The number of rotatable bonds is 3. The van der Waals surface area contributed by atoms with Crippen molar-refractivity contribution in [2.45, 2.75) is 64.7 Å². The molecule has 1 aliphatic carbocycles. The van der Waals surface area contributed by atoms with Gasteiger partial charge in [0.25, 0.3) is 0 Å². The smallest absolute Gasteiger partial charge is 0.154 e. The molecule has 0 saturated carbocycles. The molecular formula is C18H26O2. The van der Waals surface area contributed by atoms with Crippen LogP contribution in [0.25, 0.3) is 0 Å². The first-order valence-corrected chi connectivity index (χ1v) is 7.48. The average Bonchev–Trinajstić information content (AvgIpc) is 2.41. The summed E-state index contributed by atoms with van der Waals surface area (Å²) >= 11 is 0. The van der Waals surface area contributed by atoms with Gasteiger partial charge in [-0.15, -0.1) is 0 Å². The van der Waals surface area contributed by atoms with Crippen LogP contribution in [0.1, 0.15) is 74.5 Å². The molecule has 0 bridgehead atoms. The summed E-state index contributed by atoms with van der Waals surface area (Å²) in [7, 11) is 1.68. The second-order valence-electron chi connectivity index (χ2n) is 7.14. The van der Waals surface area contributed by atoms with Crippen LogP contribution in [0.4, 0.5) is 0 Å². The first-order valence-electron chi connectivity index (χ1n) is 7.48. The highest BCUT2D eigenvalue weighted by molar-refractivity contribution is 5.84. The fourth-order valence-electron chi connectivity index (χ4n) is 3.45. The van der Waals surface area contributed by atoms with Gasteiger partial charge in [0.15, 0.2) is 6.29 Å². The highest BCUT2D eigenvalue weighted by atomic mass is 16.5. The van der Waals surface area contributed by atoms with E-state index in [4.69, 9.17) is 4.74 Å². The summed E-state index contributed by atoms with van der Waals surface area (Å²) in [5, 5.41) is 0. The van der Waals surface area contributed by atoms with Crippen LogP contribution in [0.2, 0.25) is 0 Å². The monoisotopic (exact) mass is 274 g/mol. The summed E-state index contributed by atoms with van der Waals surface area (Å²) in [5.74, 6) is 0.798. The van der Waals surface area contributed by atoms with Gasteiger partial charge in [-0.05, 0) is 41.2 Å². The Labute approximate surface area is 122 Å². The number of hydrogen-bond donors (Lipinski definition) is 0. The van der Waals surface area contributed by atoms with Crippen molar-refractivity contribution < 1.29 is 9.53 Å². The lowest BCUT2D eigenvalue weighted by Gasteiger charge is -2.43. The summed E-state index contributed by atoms with van der Waals surface area (Å²) in [4.78, 5) is 11.5. The van der Waals surface area contributed by atoms with E-state index < -0.39 is 0 Å². The molecule has 1 aromatic rings. The van der Waals surface area contributed by atoms with E-state index in [1.807, 2.05) is 0 Å². The van der Waals surface area contributed by atoms with Crippen LogP contribution in [0.15, 0.2) is 6.07 Å². The summed E-state index contributed by atoms with van der Waals surface area (Å²) in [6, 6.07) is 2.24. The topological polar surface area (TPSA) is 26.3 Å². The molecule has 2 rings (SSSR count). The second-order valence-corrected chi connectivity index (χ2v) is 7.14. The van der Waals surface area contributed by atoms with E-state index in [9.17, 15) is 4.79 Å². The van der Waals surface area contributed by atoms with Gasteiger partial charge >= 0.3 is 0 Å². The molecule has 0 fully saturated rings. The first-order chi connectivity index (χ1) is 9.28. The fraction of sp³-hybridized carbons (Fsp3) is 0.611. The van der Waals surface area contributed by atoms with Gasteiger partial charge in [-0.1, -0.05) is 40.7 Å². The number of hydrogen-bond acceptors (Lipinski definition) is 2. The van der Waals surface area contributed by atoms with Gasteiger partial charge in [-0.25, -0.2) is 0 Å². The molecule has 20 heavy (non-hydrogen) atoms. The highest BCUT2D eigenvalue weighted by Crippen LogP contribution is 2.50. The molecule has 0 atom stereocenters. The number of aryl methyl sites for hydroxylation is 1. The molecule has 110 valence electrons. The van der Waals surface area contributed by atoms with Gasteiger partial charge in [0.05, 0.1) is 12.7 Å².